The number of methoxy groups -OCH3 is 1. The number of alkyl halides is 11. The maximum atomic E-state index is 13.5. The van der Waals surface area contributed by atoms with Crippen molar-refractivity contribution in [2.45, 2.75) is 42.7 Å². The standard InChI is InChI=1S/C9H7F11O2/c1-22-4(21)2-3-5(10,8(15,16)17)6(11,12)7(13,14)9(18,19)20/h2-3H2,1H3. The lowest BCUT2D eigenvalue weighted by atomic mass is 9.87. The zero-order chi connectivity index (χ0) is 18.2. The number of carbonyl (C=O) groups is 1. The number of esters is 1. The van der Waals surface area contributed by atoms with Gasteiger partial charge in [-0.15, -0.1) is 0 Å². The molecule has 0 N–H and O–H groups in total. The van der Waals surface area contributed by atoms with Crippen LogP contribution >= 0.6 is 0 Å². The summed E-state index contributed by atoms with van der Waals surface area (Å²) in [7, 11) is 0.554. The average molecular weight is 356 g/mol. The smallest absolute Gasteiger partial charge is 0.460 e. The molecule has 0 aliphatic heterocycles. The first-order chi connectivity index (χ1) is 9.45. The molecule has 0 saturated heterocycles. The average Bonchev–Trinajstić information content (AvgIpc) is 2.31. The number of hydrogen-bond acceptors (Lipinski definition) is 2. The number of halogens is 11. The highest BCUT2D eigenvalue weighted by molar-refractivity contribution is 5.69. The highest BCUT2D eigenvalue weighted by Crippen LogP contribution is 2.58. The molecule has 0 amide bonds. The molecular formula is C9H7F11O2. The summed E-state index contributed by atoms with van der Waals surface area (Å²) in [5.41, 5.74) is -6.30. The molecule has 0 saturated carbocycles. The Kier molecular flexibility index (Phi) is 5.38. The Balaban J connectivity index is 5.94. The minimum Gasteiger partial charge on any atom is -0.469 e. The molecule has 13 heteroatoms. The van der Waals surface area contributed by atoms with E-state index < -0.39 is 48.7 Å². The Hall–Kier alpha value is -1.30. The van der Waals surface area contributed by atoms with Gasteiger partial charge in [0.25, 0.3) is 5.67 Å². The Morgan fingerprint density at radius 1 is 0.773 bits per heavy atom. The van der Waals surface area contributed by atoms with Crippen LogP contribution in [-0.4, -0.2) is 42.9 Å². The topological polar surface area (TPSA) is 26.3 Å². The van der Waals surface area contributed by atoms with Crippen LogP contribution in [0.3, 0.4) is 0 Å². The van der Waals surface area contributed by atoms with Crippen molar-refractivity contribution < 1.29 is 57.8 Å². The van der Waals surface area contributed by atoms with Crippen molar-refractivity contribution in [3.63, 3.8) is 0 Å². The van der Waals surface area contributed by atoms with Crippen molar-refractivity contribution in [1.29, 1.82) is 0 Å². The third-order valence-electron chi connectivity index (χ3n) is 2.60. The summed E-state index contributed by atoms with van der Waals surface area (Å²) >= 11 is 0. The molecule has 1 atom stereocenters. The van der Waals surface area contributed by atoms with Gasteiger partial charge in [-0.2, -0.15) is 43.9 Å². The van der Waals surface area contributed by atoms with Crippen molar-refractivity contribution in [2.24, 2.45) is 0 Å². The molecule has 0 aliphatic rings. The molecule has 0 aromatic heterocycles. The first-order valence-electron chi connectivity index (χ1n) is 5.10. The van der Waals surface area contributed by atoms with Gasteiger partial charge in [0.1, 0.15) is 0 Å². The van der Waals surface area contributed by atoms with Gasteiger partial charge in [0.2, 0.25) is 0 Å². The number of hydrogen-bond donors (Lipinski definition) is 0. The van der Waals surface area contributed by atoms with Crippen LogP contribution in [0.2, 0.25) is 0 Å². The van der Waals surface area contributed by atoms with Crippen LogP contribution in [0.4, 0.5) is 48.3 Å². The van der Waals surface area contributed by atoms with Gasteiger partial charge in [0.05, 0.1) is 7.11 Å². The predicted octanol–water partition coefficient (Wildman–Crippen LogP) is 4.04. The van der Waals surface area contributed by atoms with E-state index in [1.165, 1.54) is 0 Å². The molecule has 0 radical (unpaired) electrons. The van der Waals surface area contributed by atoms with Crippen molar-refractivity contribution >= 4 is 5.97 Å². The Morgan fingerprint density at radius 3 is 1.45 bits per heavy atom. The lowest BCUT2D eigenvalue weighted by Crippen LogP contribution is -2.67. The molecule has 2 nitrogen and oxygen atoms in total. The van der Waals surface area contributed by atoms with Gasteiger partial charge in [-0.05, 0) is 0 Å². The van der Waals surface area contributed by atoms with Crippen LogP contribution < -0.4 is 0 Å². The molecule has 0 spiro atoms. The van der Waals surface area contributed by atoms with Crippen LogP contribution in [0.25, 0.3) is 0 Å². The van der Waals surface area contributed by atoms with E-state index in [1.54, 1.807) is 0 Å². The van der Waals surface area contributed by atoms with Crippen LogP contribution in [-0.2, 0) is 9.53 Å². The second-order valence-corrected chi connectivity index (χ2v) is 4.02. The summed E-state index contributed by atoms with van der Waals surface area (Å²) in [6, 6.07) is 0. The zero-order valence-electron chi connectivity index (χ0n) is 10.4. The third kappa shape index (κ3) is 3.21. The van der Waals surface area contributed by atoms with E-state index in [9.17, 15) is 53.1 Å². The highest BCUT2D eigenvalue weighted by Gasteiger charge is 2.86. The molecule has 0 bridgehead atoms. The highest BCUT2D eigenvalue weighted by atomic mass is 19.4. The van der Waals surface area contributed by atoms with Crippen molar-refractivity contribution in [3.05, 3.63) is 0 Å². The molecule has 1 unspecified atom stereocenters. The summed E-state index contributed by atoms with van der Waals surface area (Å²) in [5.74, 6) is -16.2. The van der Waals surface area contributed by atoms with Crippen LogP contribution in [0.1, 0.15) is 12.8 Å². The van der Waals surface area contributed by atoms with Crippen molar-refractivity contribution in [2.75, 3.05) is 7.11 Å². The first kappa shape index (κ1) is 20.7. The summed E-state index contributed by atoms with van der Waals surface area (Å²) in [6.07, 6.45) is -18.4. The Labute approximate surface area is 115 Å². The van der Waals surface area contributed by atoms with Gasteiger partial charge in [-0.3, -0.25) is 4.79 Å². The SMILES string of the molecule is COC(=O)CCC(F)(C(F)(F)F)C(F)(F)C(F)(F)C(F)(F)F. The van der Waals surface area contributed by atoms with E-state index in [2.05, 4.69) is 4.74 Å². The molecule has 22 heavy (non-hydrogen) atoms. The molecule has 0 aromatic rings. The lowest BCUT2D eigenvalue weighted by Gasteiger charge is -2.39. The van der Waals surface area contributed by atoms with E-state index in [4.69, 9.17) is 0 Å². The monoisotopic (exact) mass is 356 g/mol. The minimum atomic E-state index is -7.32. The summed E-state index contributed by atoms with van der Waals surface area (Å²) < 4.78 is 141. The largest absolute Gasteiger partial charge is 0.469 e. The predicted molar refractivity (Wildman–Crippen MR) is 47.1 cm³/mol. The maximum Gasteiger partial charge on any atom is 0.460 e. The summed E-state index contributed by atoms with van der Waals surface area (Å²) in [6.45, 7) is 0. The van der Waals surface area contributed by atoms with Crippen molar-refractivity contribution in [3.8, 4) is 0 Å². The molecule has 0 heterocycles. The number of carbonyl (C=O) groups excluding carboxylic acids is 1. The van der Waals surface area contributed by atoms with Crippen molar-refractivity contribution in [1.82, 2.24) is 0 Å². The van der Waals surface area contributed by atoms with Gasteiger partial charge < -0.3 is 4.74 Å². The van der Waals surface area contributed by atoms with Gasteiger partial charge in [0.15, 0.2) is 0 Å². The van der Waals surface area contributed by atoms with Crippen LogP contribution in [0.5, 0.6) is 0 Å². The van der Waals surface area contributed by atoms with Gasteiger partial charge in [-0.1, -0.05) is 0 Å². The zero-order valence-corrected chi connectivity index (χ0v) is 10.4. The van der Waals surface area contributed by atoms with E-state index in [0.717, 1.165) is 0 Å². The molecule has 0 rings (SSSR count). The number of ether oxygens (including phenoxy) is 1. The second-order valence-electron chi connectivity index (χ2n) is 4.02. The van der Waals surface area contributed by atoms with Gasteiger partial charge in [-0.25, -0.2) is 4.39 Å². The summed E-state index contributed by atoms with van der Waals surface area (Å²) in [5, 5.41) is 0. The Bertz CT molecular complexity index is 411. The lowest BCUT2D eigenvalue weighted by molar-refractivity contribution is -0.412. The van der Waals surface area contributed by atoms with Gasteiger partial charge in [0, 0.05) is 12.8 Å². The van der Waals surface area contributed by atoms with E-state index >= 15 is 0 Å². The molecule has 0 fully saturated rings. The third-order valence-corrected chi connectivity index (χ3v) is 2.60. The normalized spacial score (nSPS) is 17.1. The summed E-state index contributed by atoms with van der Waals surface area (Å²) in [4.78, 5) is 10.5. The fraction of sp³-hybridized carbons (Fsp3) is 0.889. The van der Waals surface area contributed by atoms with Gasteiger partial charge >= 0.3 is 30.2 Å². The van der Waals surface area contributed by atoms with E-state index in [-0.39, 0.29) is 0 Å². The van der Waals surface area contributed by atoms with E-state index in [1.807, 2.05) is 0 Å². The molecule has 0 aliphatic carbocycles. The van der Waals surface area contributed by atoms with Crippen LogP contribution in [0.15, 0.2) is 0 Å². The van der Waals surface area contributed by atoms with Crippen LogP contribution in [0, 0.1) is 0 Å². The van der Waals surface area contributed by atoms with E-state index in [0.29, 0.717) is 7.11 Å². The molecule has 0 aromatic carbocycles. The molecular weight excluding hydrogens is 349 g/mol. The fourth-order valence-electron chi connectivity index (χ4n) is 1.28. The molecule has 132 valence electrons. The first-order valence-corrected chi connectivity index (χ1v) is 5.10. The fourth-order valence-corrected chi connectivity index (χ4v) is 1.28. The maximum absolute atomic E-state index is 13.5. The minimum absolute atomic E-state index is 0.554. The second kappa shape index (κ2) is 5.72. The number of rotatable bonds is 5. The Morgan fingerprint density at radius 2 is 1.18 bits per heavy atom. The quantitative estimate of drug-likeness (QED) is 0.549.